The number of nitrogens with one attached hydrogen (secondary N) is 2. The molecule has 2 amide bonds. The lowest BCUT2D eigenvalue weighted by Crippen LogP contribution is -2.19. The number of carbonyl (C=O) groups excluding carboxylic acids is 1. The molecule has 2 aromatic carbocycles. The molecule has 1 aromatic heterocycles. The zero-order chi connectivity index (χ0) is 17.8. The van der Waals surface area contributed by atoms with E-state index in [-0.39, 0.29) is 6.03 Å². The number of amides is 2. The Balaban J connectivity index is 1.59. The first-order chi connectivity index (χ1) is 12.0. The molecule has 0 saturated carbocycles. The Hall–Kier alpha value is -2.44. The third kappa shape index (κ3) is 4.78. The lowest BCUT2D eigenvalue weighted by Gasteiger charge is -2.07. The van der Waals surface area contributed by atoms with Crippen LogP contribution in [0.1, 0.15) is 21.7 Å². The Morgan fingerprint density at radius 2 is 1.80 bits per heavy atom. The van der Waals surface area contributed by atoms with Crippen LogP contribution in [-0.2, 0) is 6.42 Å². The van der Waals surface area contributed by atoms with Gasteiger partial charge < -0.3 is 5.32 Å². The Kier molecular flexibility index (Phi) is 5.31. The number of halogens is 1. The third-order valence-corrected chi connectivity index (χ3v) is 4.81. The van der Waals surface area contributed by atoms with Crippen LogP contribution in [0.15, 0.2) is 42.5 Å². The van der Waals surface area contributed by atoms with Crippen LogP contribution in [0.25, 0.3) is 0 Å². The maximum absolute atomic E-state index is 12.1. The van der Waals surface area contributed by atoms with Crippen LogP contribution in [0.3, 0.4) is 0 Å². The maximum Gasteiger partial charge on any atom is 0.325 e. The molecule has 0 aliphatic carbocycles. The van der Waals surface area contributed by atoms with Crippen molar-refractivity contribution in [2.45, 2.75) is 20.3 Å². The molecule has 0 radical (unpaired) electrons. The first kappa shape index (κ1) is 17.4. The number of aryl methyl sites for hydroxylation is 2. The van der Waals surface area contributed by atoms with Crippen LogP contribution in [0, 0.1) is 13.8 Å². The van der Waals surface area contributed by atoms with Crippen LogP contribution in [-0.4, -0.2) is 16.2 Å². The van der Waals surface area contributed by atoms with Gasteiger partial charge in [-0.15, -0.1) is 10.2 Å². The van der Waals surface area contributed by atoms with E-state index in [4.69, 9.17) is 11.6 Å². The molecule has 25 heavy (non-hydrogen) atoms. The van der Waals surface area contributed by atoms with E-state index in [9.17, 15) is 4.79 Å². The second kappa shape index (κ2) is 7.63. The number of nitrogens with zero attached hydrogens (tertiary/aromatic N) is 2. The summed E-state index contributed by atoms with van der Waals surface area (Å²) in [4.78, 5) is 12.1. The number of hydrogen-bond acceptors (Lipinski definition) is 4. The van der Waals surface area contributed by atoms with E-state index in [1.54, 1.807) is 0 Å². The first-order valence-corrected chi connectivity index (χ1v) is 8.91. The van der Waals surface area contributed by atoms with Gasteiger partial charge in [0.05, 0.1) is 0 Å². The highest BCUT2D eigenvalue weighted by Crippen LogP contribution is 2.20. The number of carbonyl (C=O) groups is 1. The van der Waals surface area contributed by atoms with Gasteiger partial charge in [-0.25, -0.2) is 4.79 Å². The van der Waals surface area contributed by atoms with Crippen molar-refractivity contribution >= 4 is 39.8 Å². The monoisotopic (exact) mass is 372 g/mol. The molecule has 2 N–H and O–H groups in total. The molecule has 3 rings (SSSR count). The van der Waals surface area contributed by atoms with Crippen LogP contribution < -0.4 is 10.6 Å². The third-order valence-electron chi connectivity index (χ3n) is 3.72. The average molecular weight is 373 g/mol. The number of hydrogen-bond donors (Lipinski definition) is 2. The Morgan fingerprint density at radius 3 is 2.52 bits per heavy atom. The van der Waals surface area contributed by atoms with E-state index < -0.39 is 0 Å². The molecule has 0 unspecified atom stereocenters. The van der Waals surface area contributed by atoms with Gasteiger partial charge in [-0.1, -0.05) is 41.1 Å². The van der Waals surface area contributed by atoms with Gasteiger partial charge in [-0.05, 0) is 54.8 Å². The van der Waals surface area contributed by atoms with Gasteiger partial charge in [0.2, 0.25) is 5.13 Å². The normalized spacial score (nSPS) is 10.5. The highest BCUT2D eigenvalue weighted by molar-refractivity contribution is 7.15. The Labute approximate surface area is 155 Å². The zero-order valence-corrected chi connectivity index (χ0v) is 15.4. The quantitative estimate of drug-likeness (QED) is 0.673. The molecule has 0 saturated heterocycles. The fraction of sp³-hybridized carbons (Fsp3) is 0.167. The van der Waals surface area contributed by atoms with Crippen LogP contribution in [0.5, 0.6) is 0 Å². The van der Waals surface area contributed by atoms with Crippen LogP contribution >= 0.6 is 22.9 Å². The molecule has 0 aliphatic rings. The van der Waals surface area contributed by atoms with Crippen molar-refractivity contribution in [3.8, 4) is 0 Å². The summed E-state index contributed by atoms with van der Waals surface area (Å²) in [6.07, 6.45) is 0.648. The SMILES string of the molecule is Cc1ccc(NC(=O)Nc2nnc(Cc3ccc(Cl)cc3)s2)cc1C. The fourth-order valence-electron chi connectivity index (χ4n) is 2.23. The molecule has 0 bridgehead atoms. The molecule has 128 valence electrons. The van der Waals surface area contributed by atoms with E-state index >= 15 is 0 Å². The van der Waals surface area contributed by atoms with Crippen LogP contribution in [0.4, 0.5) is 15.6 Å². The van der Waals surface area contributed by atoms with Crippen molar-refractivity contribution in [2.75, 3.05) is 10.6 Å². The molecule has 0 spiro atoms. The highest BCUT2D eigenvalue weighted by atomic mass is 35.5. The predicted molar refractivity (Wildman–Crippen MR) is 103 cm³/mol. The summed E-state index contributed by atoms with van der Waals surface area (Å²) in [6, 6.07) is 13.0. The number of rotatable bonds is 4. The molecule has 1 heterocycles. The molecule has 7 heteroatoms. The smallest absolute Gasteiger partial charge is 0.308 e. The summed E-state index contributed by atoms with van der Waals surface area (Å²) in [5, 5.41) is 15.6. The van der Waals surface area contributed by atoms with Crippen molar-refractivity contribution < 1.29 is 4.79 Å². The van der Waals surface area contributed by atoms with Gasteiger partial charge in [-0.2, -0.15) is 0 Å². The minimum atomic E-state index is -0.336. The van der Waals surface area contributed by atoms with Crippen molar-refractivity contribution in [1.82, 2.24) is 10.2 Å². The van der Waals surface area contributed by atoms with Gasteiger partial charge >= 0.3 is 6.03 Å². The van der Waals surface area contributed by atoms with E-state index in [1.165, 1.54) is 16.9 Å². The summed E-state index contributed by atoms with van der Waals surface area (Å²) in [7, 11) is 0. The number of urea groups is 1. The topological polar surface area (TPSA) is 66.9 Å². The van der Waals surface area contributed by atoms with Gasteiger partial charge in [0.15, 0.2) is 0 Å². The number of aromatic nitrogens is 2. The van der Waals surface area contributed by atoms with Crippen molar-refractivity contribution in [3.63, 3.8) is 0 Å². The largest absolute Gasteiger partial charge is 0.325 e. The second-order valence-electron chi connectivity index (χ2n) is 5.68. The minimum absolute atomic E-state index is 0.336. The van der Waals surface area contributed by atoms with Gasteiger partial charge in [0.1, 0.15) is 5.01 Å². The maximum atomic E-state index is 12.1. The summed E-state index contributed by atoms with van der Waals surface area (Å²) in [5.41, 5.74) is 4.14. The number of benzene rings is 2. The number of anilines is 2. The molecule has 0 fully saturated rings. The van der Waals surface area contributed by atoms with Gasteiger partial charge in [-0.3, -0.25) is 5.32 Å². The summed E-state index contributed by atoms with van der Waals surface area (Å²) >= 11 is 7.23. The molecular weight excluding hydrogens is 356 g/mol. The molecule has 3 aromatic rings. The molecule has 0 aliphatic heterocycles. The molecular formula is C18H17ClN4OS. The zero-order valence-electron chi connectivity index (χ0n) is 13.8. The summed E-state index contributed by atoms with van der Waals surface area (Å²) in [5.74, 6) is 0. The van der Waals surface area contributed by atoms with E-state index in [0.717, 1.165) is 21.8 Å². The second-order valence-corrected chi connectivity index (χ2v) is 7.18. The van der Waals surface area contributed by atoms with E-state index in [0.29, 0.717) is 16.6 Å². The average Bonchev–Trinajstić information content (AvgIpc) is 3.00. The van der Waals surface area contributed by atoms with Gasteiger partial charge in [0, 0.05) is 17.1 Å². The lowest BCUT2D eigenvalue weighted by molar-refractivity contribution is 0.262. The molecule has 0 atom stereocenters. The van der Waals surface area contributed by atoms with Crippen molar-refractivity contribution in [1.29, 1.82) is 0 Å². The summed E-state index contributed by atoms with van der Waals surface area (Å²) < 4.78 is 0. The molecule has 5 nitrogen and oxygen atoms in total. The standard InChI is InChI=1S/C18H17ClN4OS/c1-11-3-8-15(9-12(11)2)20-17(24)21-18-23-22-16(25-18)10-13-4-6-14(19)7-5-13/h3-9H,10H2,1-2H3,(H2,20,21,23,24). The summed E-state index contributed by atoms with van der Waals surface area (Å²) in [6.45, 7) is 4.04. The van der Waals surface area contributed by atoms with Crippen molar-refractivity contribution in [2.24, 2.45) is 0 Å². The van der Waals surface area contributed by atoms with Crippen LogP contribution in [0.2, 0.25) is 5.02 Å². The Morgan fingerprint density at radius 1 is 1.04 bits per heavy atom. The van der Waals surface area contributed by atoms with E-state index in [2.05, 4.69) is 20.8 Å². The first-order valence-electron chi connectivity index (χ1n) is 7.72. The highest BCUT2D eigenvalue weighted by Gasteiger charge is 2.09. The Bertz CT molecular complexity index is 892. The van der Waals surface area contributed by atoms with Gasteiger partial charge in [0.25, 0.3) is 0 Å². The van der Waals surface area contributed by atoms with Crippen molar-refractivity contribution in [3.05, 3.63) is 69.2 Å². The fourth-order valence-corrected chi connectivity index (χ4v) is 3.13. The lowest BCUT2D eigenvalue weighted by atomic mass is 10.1. The van der Waals surface area contributed by atoms with E-state index in [1.807, 2.05) is 56.3 Å². The minimum Gasteiger partial charge on any atom is -0.308 e. The predicted octanol–water partition coefficient (Wildman–Crippen LogP) is 5.04.